The van der Waals surface area contributed by atoms with E-state index >= 15 is 0 Å². The number of hydrogen-bond acceptors (Lipinski definition) is 2. The van der Waals surface area contributed by atoms with Crippen LogP contribution in [0.4, 0.5) is 0 Å². The molecule has 0 amide bonds. The van der Waals surface area contributed by atoms with Crippen LogP contribution in [0.15, 0.2) is 58.9 Å². The van der Waals surface area contributed by atoms with Gasteiger partial charge in [0.1, 0.15) is 8.07 Å². The van der Waals surface area contributed by atoms with Gasteiger partial charge in [-0.3, -0.25) is 0 Å². The maximum atomic E-state index is 8.43. The molecule has 0 saturated carbocycles. The van der Waals surface area contributed by atoms with Crippen molar-refractivity contribution in [2.45, 2.75) is 38.8 Å². The van der Waals surface area contributed by atoms with E-state index in [0.717, 1.165) is 19.3 Å². The molecule has 1 aliphatic rings. The zero-order valence-corrected chi connectivity index (χ0v) is 14.0. The van der Waals surface area contributed by atoms with Gasteiger partial charge in [0.15, 0.2) is 0 Å². The molecule has 0 aliphatic heterocycles. The molecule has 2 rings (SSSR count). The quantitative estimate of drug-likeness (QED) is 0.275. The van der Waals surface area contributed by atoms with E-state index in [0.29, 0.717) is 5.92 Å². The minimum atomic E-state index is -1.57. The van der Waals surface area contributed by atoms with E-state index in [2.05, 4.69) is 66.8 Å². The summed E-state index contributed by atoms with van der Waals surface area (Å²) in [5.74, 6) is 0.632. The third kappa shape index (κ3) is 4.18. The maximum absolute atomic E-state index is 8.43. The van der Waals surface area contributed by atoms with Gasteiger partial charge in [0.2, 0.25) is 0 Å². The van der Waals surface area contributed by atoms with Gasteiger partial charge >= 0.3 is 0 Å². The molecule has 0 saturated heterocycles. The monoisotopic (exact) mass is 299 g/mol. The van der Waals surface area contributed by atoms with Crippen molar-refractivity contribution in [3.63, 3.8) is 0 Å². The second-order valence-electron chi connectivity index (χ2n) is 6.24. The molecule has 0 heterocycles. The molecule has 1 aromatic carbocycles. The zero-order valence-electron chi connectivity index (χ0n) is 13.0. The highest BCUT2D eigenvalue weighted by atomic mass is 28.3. The first kappa shape index (κ1) is 15.8. The number of benzene rings is 1. The van der Waals surface area contributed by atoms with Gasteiger partial charge in [0, 0.05) is 6.21 Å². The van der Waals surface area contributed by atoms with Crippen molar-refractivity contribution in [3.05, 3.63) is 53.8 Å². The van der Waals surface area contributed by atoms with E-state index in [1.807, 2.05) is 0 Å². The molecule has 21 heavy (non-hydrogen) atoms. The smallest absolute Gasteiger partial charge is 0.111 e. The van der Waals surface area contributed by atoms with Gasteiger partial charge in [-0.1, -0.05) is 72.0 Å². The van der Waals surface area contributed by atoms with Gasteiger partial charge in [0.05, 0.1) is 0 Å². The lowest BCUT2D eigenvalue weighted by atomic mass is 9.95. The Labute approximate surface area is 128 Å². The zero-order chi connectivity index (χ0) is 15.1. The summed E-state index contributed by atoms with van der Waals surface area (Å²) in [6.07, 6.45) is 13.0. The Balaban J connectivity index is 2.07. The molecule has 0 aromatic heterocycles. The number of rotatable bonds is 6. The molecule has 1 aromatic rings. The lowest BCUT2D eigenvalue weighted by Crippen LogP contribution is -2.43. The van der Waals surface area contributed by atoms with Crippen molar-refractivity contribution >= 4 is 19.5 Å². The molecular formula is C18H25NOSi. The number of hydrogen-bond donors (Lipinski definition) is 1. The van der Waals surface area contributed by atoms with Crippen molar-refractivity contribution in [2.24, 2.45) is 11.1 Å². The topological polar surface area (TPSA) is 32.6 Å². The molecule has 112 valence electrons. The number of nitrogens with zero attached hydrogens (tertiary/aromatic N) is 1. The predicted molar refractivity (Wildman–Crippen MR) is 93.0 cm³/mol. The Kier molecular flexibility index (Phi) is 5.57. The van der Waals surface area contributed by atoms with Gasteiger partial charge < -0.3 is 5.21 Å². The molecule has 0 radical (unpaired) electrons. The van der Waals surface area contributed by atoms with Crippen LogP contribution in [0.5, 0.6) is 0 Å². The molecule has 1 aliphatic carbocycles. The van der Waals surface area contributed by atoms with Crippen LogP contribution in [0.1, 0.15) is 25.7 Å². The Morgan fingerprint density at radius 3 is 2.76 bits per heavy atom. The van der Waals surface area contributed by atoms with Crippen LogP contribution in [0.2, 0.25) is 13.1 Å². The van der Waals surface area contributed by atoms with Gasteiger partial charge in [-0.2, -0.15) is 0 Å². The number of unbranched alkanes of at least 4 members (excludes halogenated alkanes) is 1. The molecule has 1 unspecified atom stereocenters. The normalized spacial score (nSPS) is 19.0. The fourth-order valence-electron chi connectivity index (χ4n) is 2.92. The van der Waals surface area contributed by atoms with Gasteiger partial charge in [-0.25, -0.2) is 0 Å². The van der Waals surface area contributed by atoms with Crippen LogP contribution in [0.3, 0.4) is 0 Å². The van der Waals surface area contributed by atoms with E-state index in [1.165, 1.54) is 11.6 Å². The Morgan fingerprint density at radius 2 is 2.05 bits per heavy atom. The van der Waals surface area contributed by atoms with Gasteiger partial charge in [-0.05, 0) is 31.6 Å². The summed E-state index contributed by atoms with van der Waals surface area (Å²) in [6.45, 7) is 4.86. The second-order valence-corrected chi connectivity index (χ2v) is 10.6. The first-order chi connectivity index (χ1) is 10.1. The van der Waals surface area contributed by atoms with Crippen molar-refractivity contribution in [1.82, 2.24) is 0 Å². The summed E-state index contributed by atoms with van der Waals surface area (Å²) < 4.78 is 0. The summed E-state index contributed by atoms with van der Waals surface area (Å²) in [5, 5.41) is 14.5. The molecule has 1 N–H and O–H groups in total. The Morgan fingerprint density at radius 1 is 1.29 bits per heavy atom. The average molecular weight is 299 g/mol. The number of oxime groups is 1. The first-order valence-electron chi connectivity index (χ1n) is 7.75. The van der Waals surface area contributed by atoms with Crippen LogP contribution in [-0.2, 0) is 0 Å². The third-order valence-corrected chi connectivity index (χ3v) is 7.91. The van der Waals surface area contributed by atoms with E-state index < -0.39 is 8.07 Å². The maximum Gasteiger partial charge on any atom is 0.111 e. The minimum Gasteiger partial charge on any atom is -0.411 e. The highest BCUT2D eigenvalue weighted by Crippen LogP contribution is 2.27. The summed E-state index contributed by atoms with van der Waals surface area (Å²) >= 11 is 0. The van der Waals surface area contributed by atoms with Crippen LogP contribution >= 0.6 is 0 Å². The average Bonchev–Trinajstić information content (AvgIpc) is 2.53. The molecule has 3 heteroatoms. The van der Waals surface area contributed by atoms with Crippen molar-refractivity contribution in [2.75, 3.05) is 0 Å². The lowest BCUT2D eigenvalue weighted by Gasteiger charge is -2.28. The molecule has 2 nitrogen and oxygen atoms in total. The minimum absolute atomic E-state index is 0.632. The van der Waals surface area contributed by atoms with Crippen LogP contribution < -0.4 is 5.19 Å². The Bertz CT molecular complexity index is 531. The third-order valence-electron chi connectivity index (χ3n) is 4.36. The first-order valence-corrected chi connectivity index (χ1v) is 10.7. The SMILES string of the molecule is C[Si](C)(C1=CC(CCC/C=N/O)CC=C1)c1ccccc1. The lowest BCUT2D eigenvalue weighted by molar-refractivity contribution is 0.320. The van der Waals surface area contributed by atoms with Gasteiger partial charge in [-0.15, -0.1) is 5.16 Å². The highest BCUT2D eigenvalue weighted by molar-refractivity contribution is 6.96. The summed E-state index contributed by atoms with van der Waals surface area (Å²) in [7, 11) is -1.57. The molecule has 1 atom stereocenters. The van der Waals surface area contributed by atoms with Gasteiger partial charge in [0.25, 0.3) is 0 Å². The number of allylic oxidation sites excluding steroid dienone is 4. The van der Waals surface area contributed by atoms with Crippen molar-refractivity contribution < 1.29 is 5.21 Å². The van der Waals surface area contributed by atoms with Crippen LogP contribution in [0, 0.1) is 5.92 Å². The van der Waals surface area contributed by atoms with E-state index in [9.17, 15) is 0 Å². The summed E-state index contributed by atoms with van der Waals surface area (Å²) in [4.78, 5) is 0. The molecule has 0 spiro atoms. The van der Waals surface area contributed by atoms with E-state index in [1.54, 1.807) is 11.4 Å². The van der Waals surface area contributed by atoms with Crippen molar-refractivity contribution in [3.8, 4) is 0 Å². The largest absolute Gasteiger partial charge is 0.411 e. The van der Waals surface area contributed by atoms with Crippen molar-refractivity contribution in [1.29, 1.82) is 0 Å². The fraction of sp³-hybridized carbons (Fsp3) is 0.389. The molecule has 0 bridgehead atoms. The predicted octanol–water partition coefficient (Wildman–Crippen LogP) is 4.27. The highest BCUT2D eigenvalue weighted by Gasteiger charge is 2.28. The standard InChI is InChI=1S/C18H25NOSi/c1-21(2,17-11-4-3-5-12-17)18-13-8-10-16(15-18)9-6-7-14-19-20/h3-5,8,11-16,20H,6-7,9-10H2,1-2H3/b19-14+. The van der Waals surface area contributed by atoms with E-state index in [-0.39, 0.29) is 0 Å². The molecular weight excluding hydrogens is 274 g/mol. The van der Waals surface area contributed by atoms with Crippen LogP contribution in [0.25, 0.3) is 0 Å². The van der Waals surface area contributed by atoms with Crippen LogP contribution in [-0.4, -0.2) is 19.5 Å². The Hall–Kier alpha value is -1.61. The second kappa shape index (κ2) is 7.41. The van der Waals surface area contributed by atoms with E-state index in [4.69, 9.17) is 5.21 Å². The molecule has 0 fully saturated rings. The fourth-order valence-corrected chi connectivity index (χ4v) is 5.46. The summed E-state index contributed by atoms with van der Waals surface area (Å²) in [5.41, 5.74) is 0. The summed E-state index contributed by atoms with van der Waals surface area (Å²) in [6, 6.07) is 10.9.